The Hall–Kier alpha value is -3.00. The van der Waals surface area contributed by atoms with Crippen LogP contribution in [0, 0.1) is 11.3 Å². The summed E-state index contributed by atoms with van der Waals surface area (Å²) in [4.78, 5) is 12.1. The topological polar surface area (TPSA) is 71.3 Å². The Morgan fingerprint density at radius 1 is 1.18 bits per heavy atom. The van der Waals surface area contributed by atoms with Gasteiger partial charge < -0.3 is 14.8 Å². The Labute approximate surface area is 129 Å². The van der Waals surface area contributed by atoms with Gasteiger partial charge in [-0.1, -0.05) is 12.1 Å². The third-order valence-electron chi connectivity index (χ3n) is 2.98. The Kier molecular flexibility index (Phi) is 4.99. The van der Waals surface area contributed by atoms with Crippen LogP contribution in [0.4, 0.5) is 5.69 Å². The first-order valence-electron chi connectivity index (χ1n) is 6.74. The van der Waals surface area contributed by atoms with Gasteiger partial charge in [0.25, 0.3) is 5.91 Å². The molecule has 0 fully saturated rings. The van der Waals surface area contributed by atoms with Crippen molar-refractivity contribution in [3.8, 4) is 17.6 Å². The molecule has 0 heterocycles. The smallest absolute Gasteiger partial charge is 0.265 e. The van der Waals surface area contributed by atoms with Gasteiger partial charge in [-0.2, -0.15) is 5.26 Å². The second-order valence-electron chi connectivity index (χ2n) is 4.62. The number of hydrogen-bond acceptors (Lipinski definition) is 4. The number of carbonyl (C=O) groups excluding carboxylic acids is 1. The van der Waals surface area contributed by atoms with Crippen molar-refractivity contribution in [1.82, 2.24) is 0 Å². The maximum Gasteiger partial charge on any atom is 0.265 e. The van der Waals surface area contributed by atoms with Crippen LogP contribution >= 0.6 is 0 Å². The molecular formula is C17H16N2O3. The third kappa shape index (κ3) is 4.00. The van der Waals surface area contributed by atoms with Gasteiger partial charge in [0.15, 0.2) is 6.10 Å². The van der Waals surface area contributed by atoms with Crippen LogP contribution < -0.4 is 14.8 Å². The molecule has 2 aromatic carbocycles. The summed E-state index contributed by atoms with van der Waals surface area (Å²) in [6.07, 6.45) is -0.694. The van der Waals surface area contributed by atoms with Crippen molar-refractivity contribution in [2.24, 2.45) is 0 Å². The minimum absolute atomic E-state index is 0.282. The summed E-state index contributed by atoms with van der Waals surface area (Å²) in [7, 11) is 1.56. The molecule has 5 heteroatoms. The first-order chi connectivity index (χ1) is 10.6. The molecule has 1 amide bonds. The van der Waals surface area contributed by atoms with Crippen LogP contribution in [0.2, 0.25) is 0 Å². The molecule has 0 bridgehead atoms. The predicted molar refractivity (Wildman–Crippen MR) is 82.9 cm³/mol. The van der Waals surface area contributed by atoms with Crippen LogP contribution in [0.1, 0.15) is 12.5 Å². The summed E-state index contributed by atoms with van der Waals surface area (Å²) in [6.45, 7) is 1.65. The van der Waals surface area contributed by atoms with E-state index in [1.54, 1.807) is 62.6 Å². The Bertz CT molecular complexity index is 707. The van der Waals surface area contributed by atoms with Gasteiger partial charge in [0.1, 0.15) is 11.5 Å². The number of nitrogens with zero attached hydrogens (tertiary/aromatic N) is 1. The van der Waals surface area contributed by atoms with Crippen LogP contribution in [0.15, 0.2) is 48.5 Å². The van der Waals surface area contributed by atoms with Gasteiger partial charge in [0.2, 0.25) is 0 Å². The van der Waals surface area contributed by atoms with Gasteiger partial charge in [-0.25, -0.2) is 0 Å². The molecule has 1 unspecified atom stereocenters. The summed E-state index contributed by atoms with van der Waals surface area (Å²) in [5.74, 6) is 0.857. The van der Waals surface area contributed by atoms with Crippen molar-refractivity contribution in [2.45, 2.75) is 13.0 Å². The van der Waals surface area contributed by atoms with Crippen molar-refractivity contribution < 1.29 is 14.3 Å². The van der Waals surface area contributed by atoms with E-state index in [1.165, 1.54) is 0 Å². The average molecular weight is 296 g/mol. The Morgan fingerprint density at radius 3 is 2.64 bits per heavy atom. The highest BCUT2D eigenvalue weighted by atomic mass is 16.5. The van der Waals surface area contributed by atoms with Crippen LogP contribution in [-0.4, -0.2) is 19.1 Å². The molecule has 0 spiro atoms. The van der Waals surface area contributed by atoms with E-state index in [2.05, 4.69) is 5.32 Å². The minimum Gasteiger partial charge on any atom is -0.497 e. The lowest BCUT2D eigenvalue weighted by molar-refractivity contribution is -0.122. The van der Waals surface area contributed by atoms with Gasteiger partial charge in [-0.15, -0.1) is 0 Å². The zero-order chi connectivity index (χ0) is 15.9. The standard InChI is InChI=1S/C17H16N2O3/c1-12(22-16-8-3-5-13(9-16)11-18)17(20)19-14-6-4-7-15(10-14)21-2/h3-10,12H,1-2H3,(H,19,20). The van der Waals surface area contributed by atoms with Crippen molar-refractivity contribution in [2.75, 3.05) is 12.4 Å². The maximum atomic E-state index is 12.1. The molecule has 2 aromatic rings. The van der Waals surface area contributed by atoms with E-state index < -0.39 is 6.10 Å². The average Bonchev–Trinajstić information content (AvgIpc) is 2.55. The molecule has 0 aliphatic heterocycles. The number of ether oxygens (including phenoxy) is 2. The van der Waals surface area contributed by atoms with Gasteiger partial charge in [0, 0.05) is 11.8 Å². The highest BCUT2D eigenvalue weighted by Gasteiger charge is 2.15. The molecule has 0 saturated heterocycles. The molecule has 1 N–H and O–H groups in total. The zero-order valence-corrected chi connectivity index (χ0v) is 12.4. The molecule has 0 radical (unpaired) electrons. The zero-order valence-electron chi connectivity index (χ0n) is 12.4. The Balaban J connectivity index is 2.01. The molecule has 0 aliphatic carbocycles. The number of nitriles is 1. The van der Waals surface area contributed by atoms with Crippen LogP contribution in [0.5, 0.6) is 11.5 Å². The van der Waals surface area contributed by atoms with Gasteiger partial charge in [0.05, 0.1) is 18.7 Å². The molecule has 0 saturated carbocycles. The number of amides is 1. The number of hydrogen-bond donors (Lipinski definition) is 1. The first kappa shape index (κ1) is 15.4. The minimum atomic E-state index is -0.694. The van der Waals surface area contributed by atoms with Crippen molar-refractivity contribution >= 4 is 11.6 Å². The van der Waals surface area contributed by atoms with Gasteiger partial charge in [-0.05, 0) is 37.3 Å². The lowest BCUT2D eigenvalue weighted by atomic mass is 10.2. The molecule has 5 nitrogen and oxygen atoms in total. The normalized spacial score (nSPS) is 11.1. The van der Waals surface area contributed by atoms with E-state index in [0.29, 0.717) is 22.7 Å². The molecule has 0 aromatic heterocycles. The fourth-order valence-corrected chi connectivity index (χ4v) is 1.84. The summed E-state index contributed by atoms with van der Waals surface area (Å²) >= 11 is 0. The fraction of sp³-hybridized carbons (Fsp3) is 0.176. The maximum absolute atomic E-state index is 12.1. The third-order valence-corrected chi connectivity index (χ3v) is 2.98. The highest BCUT2D eigenvalue weighted by molar-refractivity contribution is 5.94. The molecular weight excluding hydrogens is 280 g/mol. The Morgan fingerprint density at radius 2 is 1.91 bits per heavy atom. The summed E-state index contributed by atoms with van der Waals surface area (Å²) < 4.78 is 10.7. The van der Waals surface area contributed by atoms with E-state index in [1.807, 2.05) is 6.07 Å². The quantitative estimate of drug-likeness (QED) is 0.920. The van der Waals surface area contributed by atoms with Crippen LogP contribution in [-0.2, 0) is 4.79 Å². The molecule has 2 rings (SSSR count). The highest BCUT2D eigenvalue weighted by Crippen LogP contribution is 2.18. The number of methoxy groups -OCH3 is 1. The van der Waals surface area contributed by atoms with Crippen molar-refractivity contribution in [1.29, 1.82) is 5.26 Å². The van der Waals surface area contributed by atoms with E-state index in [9.17, 15) is 4.79 Å². The molecule has 22 heavy (non-hydrogen) atoms. The van der Waals surface area contributed by atoms with Crippen molar-refractivity contribution in [3.05, 3.63) is 54.1 Å². The fourth-order valence-electron chi connectivity index (χ4n) is 1.84. The molecule has 0 aliphatic rings. The van der Waals surface area contributed by atoms with E-state index in [-0.39, 0.29) is 5.91 Å². The number of benzene rings is 2. The number of nitrogens with one attached hydrogen (secondary N) is 1. The monoisotopic (exact) mass is 296 g/mol. The molecule has 112 valence electrons. The summed E-state index contributed by atoms with van der Waals surface area (Å²) in [5, 5.41) is 11.6. The van der Waals surface area contributed by atoms with Gasteiger partial charge >= 0.3 is 0 Å². The lowest BCUT2D eigenvalue weighted by Crippen LogP contribution is -2.30. The number of carbonyl (C=O) groups is 1. The van der Waals surface area contributed by atoms with Crippen molar-refractivity contribution in [3.63, 3.8) is 0 Å². The van der Waals surface area contributed by atoms with E-state index in [4.69, 9.17) is 14.7 Å². The second kappa shape index (κ2) is 7.14. The second-order valence-corrected chi connectivity index (χ2v) is 4.62. The lowest BCUT2D eigenvalue weighted by Gasteiger charge is -2.15. The van der Waals surface area contributed by atoms with Crippen LogP contribution in [0.25, 0.3) is 0 Å². The predicted octanol–water partition coefficient (Wildman–Crippen LogP) is 2.97. The molecule has 1 atom stereocenters. The SMILES string of the molecule is COc1cccc(NC(=O)C(C)Oc2cccc(C#N)c2)c1. The number of anilines is 1. The summed E-state index contributed by atoms with van der Waals surface area (Å²) in [5.41, 5.74) is 1.11. The van der Waals surface area contributed by atoms with Gasteiger partial charge in [-0.3, -0.25) is 4.79 Å². The summed E-state index contributed by atoms with van der Waals surface area (Å²) in [6, 6.07) is 15.8. The first-order valence-corrected chi connectivity index (χ1v) is 6.74. The largest absolute Gasteiger partial charge is 0.497 e. The van der Waals surface area contributed by atoms with E-state index in [0.717, 1.165) is 0 Å². The number of rotatable bonds is 5. The van der Waals surface area contributed by atoms with Crippen LogP contribution in [0.3, 0.4) is 0 Å². The van der Waals surface area contributed by atoms with E-state index >= 15 is 0 Å².